The minimum Gasteiger partial charge on any atom is -0.454 e. The van der Waals surface area contributed by atoms with Crippen LogP contribution in [-0.2, 0) is 4.74 Å². The molecule has 1 aromatic carbocycles. The molecule has 1 fully saturated rings. The van der Waals surface area contributed by atoms with Crippen molar-refractivity contribution in [1.29, 1.82) is 0 Å². The van der Waals surface area contributed by atoms with Gasteiger partial charge in [0.1, 0.15) is 5.60 Å². The number of amides is 1. The Morgan fingerprint density at radius 2 is 1.75 bits per heavy atom. The number of carbonyl (C=O) groups excluding carboxylic acids is 1. The molecule has 2 N–H and O–H groups in total. The largest absolute Gasteiger partial charge is 0.454 e. The maximum absolute atomic E-state index is 11.8. The number of hydrogen-bond donors (Lipinski definition) is 2. The molecule has 1 saturated carbocycles. The number of fused-ring (bicyclic) bond motifs is 1. The second-order valence-electron chi connectivity index (χ2n) is 7.41. The number of nitrogens with one attached hydrogen (secondary N) is 2. The van der Waals surface area contributed by atoms with Crippen LogP contribution in [0.5, 0.6) is 11.5 Å². The highest BCUT2D eigenvalue weighted by molar-refractivity contribution is 5.68. The van der Waals surface area contributed by atoms with Crippen molar-refractivity contribution < 1.29 is 19.0 Å². The smallest absolute Gasteiger partial charge is 0.407 e. The van der Waals surface area contributed by atoms with E-state index in [2.05, 4.69) is 10.6 Å². The molecule has 24 heavy (non-hydrogen) atoms. The van der Waals surface area contributed by atoms with Crippen molar-refractivity contribution >= 4 is 11.8 Å². The van der Waals surface area contributed by atoms with Gasteiger partial charge in [0.2, 0.25) is 6.79 Å². The van der Waals surface area contributed by atoms with Gasteiger partial charge in [-0.2, -0.15) is 0 Å². The molecule has 6 heteroatoms. The first kappa shape index (κ1) is 16.7. The first-order valence-electron chi connectivity index (χ1n) is 8.55. The van der Waals surface area contributed by atoms with E-state index in [1.54, 1.807) is 0 Å². The molecule has 1 aromatic rings. The number of benzene rings is 1. The van der Waals surface area contributed by atoms with Gasteiger partial charge in [0.05, 0.1) is 0 Å². The molecule has 0 unspecified atom stereocenters. The molecule has 1 heterocycles. The fraction of sp³-hybridized carbons (Fsp3) is 0.611. The van der Waals surface area contributed by atoms with Crippen molar-refractivity contribution in [2.45, 2.75) is 64.1 Å². The standard InChI is InChI=1S/C18H26N2O4/c1-18(2,3)24-17(21)20-13-6-4-12(5-7-13)19-14-8-9-15-16(10-14)23-11-22-15/h8-10,12-13,19H,4-7,11H2,1-3H3,(H,20,21). The second kappa shape index (κ2) is 6.79. The van der Waals surface area contributed by atoms with Crippen LogP contribution >= 0.6 is 0 Å². The third-order valence-electron chi connectivity index (χ3n) is 4.19. The van der Waals surface area contributed by atoms with Crippen molar-refractivity contribution in [3.63, 3.8) is 0 Å². The number of anilines is 1. The lowest BCUT2D eigenvalue weighted by molar-refractivity contribution is 0.0492. The van der Waals surface area contributed by atoms with E-state index >= 15 is 0 Å². The molecule has 0 spiro atoms. The van der Waals surface area contributed by atoms with Crippen molar-refractivity contribution in [3.05, 3.63) is 18.2 Å². The highest BCUT2D eigenvalue weighted by Crippen LogP contribution is 2.35. The maximum Gasteiger partial charge on any atom is 0.407 e. The molecule has 132 valence electrons. The van der Waals surface area contributed by atoms with E-state index in [0.29, 0.717) is 12.8 Å². The highest BCUT2D eigenvalue weighted by atomic mass is 16.7. The summed E-state index contributed by atoms with van der Waals surface area (Å²) < 4.78 is 16.0. The molecular formula is C18H26N2O4. The molecule has 1 amide bonds. The summed E-state index contributed by atoms with van der Waals surface area (Å²) in [5, 5.41) is 6.51. The molecule has 0 saturated heterocycles. The lowest BCUT2D eigenvalue weighted by atomic mass is 9.91. The average molecular weight is 334 g/mol. The third kappa shape index (κ3) is 4.46. The molecule has 2 aliphatic rings. The molecule has 0 radical (unpaired) electrons. The van der Waals surface area contributed by atoms with Crippen LogP contribution in [-0.4, -0.2) is 30.6 Å². The molecule has 1 aliphatic heterocycles. The molecule has 0 aromatic heterocycles. The van der Waals surface area contributed by atoms with Crippen LogP contribution in [0.15, 0.2) is 18.2 Å². The topological polar surface area (TPSA) is 68.8 Å². The quantitative estimate of drug-likeness (QED) is 0.883. The summed E-state index contributed by atoms with van der Waals surface area (Å²) in [6.45, 7) is 5.91. The Hall–Kier alpha value is -2.11. The van der Waals surface area contributed by atoms with Gasteiger partial charge in [0.15, 0.2) is 11.5 Å². The Kier molecular flexibility index (Phi) is 4.73. The Bertz CT molecular complexity index is 589. The summed E-state index contributed by atoms with van der Waals surface area (Å²) in [5.74, 6) is 1.59. The monoisotopic (exact) mass is 334 g/mol. The zero-order valence-electron chi connectivity index (χ0n) is 14.6. The number of carbonyl (C=O) groups is 1. The zero-order valence-corrected chi connectivity index (χ0v) is 14.6. The molecule has 3 rings (SSSR count). The van der Waals surface area contributed by atoms with E-state index < -0.39 is 5.60 Å². The summed E-state index contributed by atoms with van der Waals surface area (Å²) in [6.07, 6.45) is 3.59. The van der Waals surface area contributed by atoms with Gasteiger partial charge in [-0.1, -0.05) is 0 Å². The second-order valence-corrected chi connectivity index (χ2v) is 7.41. The van der Waals surface area contributed by atoms with E-state index in [4.69, 9.17) is 14.2 Å². The summed E-state index contributed by atoms with van der Waals surface area (Å²) in [7, 11) is 0. The third-order valence-corrected chi connectivity index (χ3v) is 4.19. The zero-order chi connectivity index (χ0) is 17.2. The Morgan fingerprint density at radius 1 is 1.08 bits per heavy atom. The van der Waals surface area contributed by atoms with E-state index in [9.17, 15) is 4.79 Å². The van der Waals surface area contributed by atoms with Gasteiger partial charge in [0, 0.05) is 23.8 Å². The summed E-state index contributed by atoms with van der Waals surface area (Å²) in [5.41, 5.74) is 0.588. The summed E-state index contributed by atoms with van der Waals surface area (Å²) in [4.78, 5) is 11.8. The number of rotatable bonds is 3. The van der Waals surface area contributed by atoms with Crippen LogP contribution in [0, 0.1) is 0 Å². The number of alkyl carbamates (subject to hydrolysis) is 1. The molecule has 0 atom stereocenters. The van der Waals surface area contributed by atoms with E-state index in [0.717, 1.165) is 42.9 Å². The van der Waals surface area contributed by atoms with Crippen LogP contribution in [0.3, 0.4) is 0 Å². The van der Waals surface area contributed by atoms with Crippen molar-refractivity contribution in [1.82, 2.24) is 5.32 Å². The average Bonchev–Trinajstić information content (AvgIpc) is 2.95. The Labute approximate surface area is 142 Å². The van der Waals surface area contributed by atoms with Gasteiger partial charge >= 0.3 is 6.09 Å². The van der Waals surface area contributed by atoms with Crippen molar-refractivity contribution in [2.24, 2.45) is 0 Å². The first-order chi connectivity index (χ1) is 11.4. The first-order valence-corrected chi connectivity index (χ1v) is 8.55. The predicted molar refractivity (Wildman–Crippen MR) is 91.6 cm³/mol. The van der Waals surface area contributed by atoms with Crippen LogP contribution in [0.25, 0.3) is 0 Å². The fourth-order valence-electron chi connectivity index (χ4n) is 3.08. The van der Waals surface area contributed by atoms with Gasteiger partial charge in [-0.15, -0.1) is 0 Å². The molecule has 6 nitrogen and oxygen atoms in total. The lowest BCUT2D eigenvalue weighted by Crippen LogP contribution is -2.42. The van der Waals surface area contributed by atoms with E-state index in [1.807, 2.05) is 39.0 Å². The fourth-order valence-corrected chi connectivity index (χ4v) is 3.08. The van der Waals surface area contributed by atoms with Crippen LogP contribution in [0.1, 0.15) is 46.5 Å². The summed E-state index contributed by atoms with van der Waals surface area (Å²) >= 11 is 0. The van der Waals surface area contributed by atoms with Crippen molar-refractivity contribution in [3.8, 4) is 11.5 Å². The van der Waals surface area contributed by atoms with Gasteiger partial charge in [0.25, 0.3) is 0 Å². The van der Waals surface area contributed by atoms with Crippen LogP contribution in [0.2, 0.25) is 0 Å². The van der Waals surface area contributed by atoms with E-state index in [1.165, 1.54) is 0 Å². The Balaban J connectivity index is 1.44. The molecule has 1 aliphatic carbocycles. The van der Waals surface area contributed by atoms with Crippen molar-refractivity contribution in [2.75, 3.05) is 12.1 Å². The van der Waals surface area contributed by atoms with Gasteiger partial charge < -0.3 is 24.8 Å². The number of hydrogen-bond acceptors (Lipinski definition) is 5. The van der Waals surface area contributed by atoms with Gasteiger partial charge in [-0.25, -0.2) is 4.79 Å². The maximum atomic E-state index is 11.8. The summed E-state index contributed by atoms with van der Waals surface area (Å²) in [6, 6.07) is 6.52. The lowest BCUT2D eigenvalue weighted by Gasteiger charge is -2.31. The SMILES string of the molecule is CC(C)(C)OC(=O)NC1CCC(Nc2ccc3c(c2)OCO3)CC1. The normalized spacial score (nSPS) is 22.8. The Morgan fingerprint density at radius 3 is 2.46 bits per heavy atom. The molecule has 0 bridgehead atoms. The minimum absolute atomic E-state index is 0.189. The van der Waals surface area contributed by atoms with Crippen LogP contribution in [0.4, 0.5) is 10.5 Å². The predicted octanol–water partition coefficient (Wildman–Crippen LogP) is 3.66. The molecular weight excluding hydrogens is 308 g/mol. The highest BCUT2D eigenvalue weighted by Gasteiger charge is 2.25. The van der Waals surface area contributed by atoms with Gasteiger partial charge in [-0.05, 0) is 58.6 Å². The minimum atomic E-state index is -0.456. The van der Waals surface area contributed by atoms with Crippen LogP contribution < -0.4 is 20.1 Å². The van der Waals surface area contributed by atoms with Gasteiger partial charge in [-0.3, -0.25) is 0 Å². The van der Waals surface area contributed by atoms with E-state index in [-0.39, 0.29) is 12.1 Å². The number of ether oxygens (including phenoxy) is 3.